The van der Waals surface area contributed by atoms with E-state index in [0.717, 1.165) is 76.3 Å². The van der Waals surface area contributed by atoms with E-state index in [4.69, 9.17) is 4.98 Å². The van der Waals surface area contributed by atoms with Gasteiger partial charge in [0.15, 0.2) is 5.65 Å². The average molecular weight is 557 g/mol. The number of pyridine rings is 1. The lowest BCUT2D eigenvalue weighted by Crippen LogP contribution is -2.59. The van der Waals surface area contributed by atoms with Crippen LogP contribution in [0.25, 0.3) is 11.0 Å². The molecule has 1 aliphatic carbocycles. The lowest BCUT2D eigenvalue weighted by atomic mass is 9.98. The minimum atomic E-state index is -4.67. The van der Waals surface area contributed by atoms with Crippen molar-refractivity contribution < 1.29 is 17.9 Å². The Morgan fingerprint density at radius 1 is 0.975 bits per heavy atom. The minimum absolute atomic E-state index is 0.0148. The van der Waals surface area contributed by atoms with E-state index in [1.54, 1.807) is 24.4 Å². The van der Waals surface area contributed by atoms with Gasteiger partial charge in [0.2, 0.25) is 5.95 Å². The third kappa shape index (κ3) is 5.81. The van der Waals surface area contributed by atoms with Crippen molar-refractivity contribution >= 4 is 17.0 Å². The molecule has 40 heavy (non-hydrogen) atoms. The van der Waals surface area contributed by atoms with Gasteiger partial charge >= 0.3 is 6.36 Å². The first-order valence-electron chi connectivity index (χ1n) is 14.2. The fraction of sp³-hybridized carbons (Fsp3) is 0.552. The Morgan fingerprint density at radius 2 is 1.73 bits per heavy atom. The Bertz CT molecular complexity index is 1380. The molecule has 214 valence electrons. The Balaban J connectivity index is 1.08. The number of rotatable bonds is 7. The monoisotopic (exact) mass is 556 g/mol. The zero-order chi connectivity index (χ0) is 27.9. The summed E-state index contributed by atoms with van der Waals surface area (Å²) < 4.78 is 43.2. The van der Waals surface area contributed by atoms with Crippen LogP contribution in [0, 0.1) is 0 Å². The fourth-order valence-electron chi connectivity index (χ4n) is 6.27. The first kappa shape index (κ1) is 27.0. The topological polar surface area (TPSA) is 66.7 Å². The molecule has 6 rings (SSSR count). The lowest BCUT2D eigenvalue weighted by Gasteiger charge is -2.47. The van der Waals surface area contributed by atoms with Crippen LogP contribution in [0.4, 0.5) is 19.1 Å². The second-order valence-corrected chi connectivity index (χ2v) is 11.1. The highest BCUT2D eigenvalue weighted by atomic mass is 19.4. The van der Waals surface area contributed by atoms with Gasteiger partial charge in [-0.1, -0.05) is 19.1 Å². The molecule has 0 radical (unpaired) electrons. The summed E-state index contributed by atoms with van der Waals surface area (Å²) in [5, 5.41) is 0.584. The van der Waals surface area contributed by atoms with Crippen molar-refractivity contribution in [3.63, 3.8) is 0 Å². The highest BCUT2D eigenvalue weighted by Crippen LogP contribution is 2.37. The van der Waals surface area contributed by atoms with Crippen molar-refractivity contribution in [2.24, 2.45) is 0 Å². The molecule has 3 aromatic rings. The molecule has 2 aliphatic heterocycles. The molecule has 0 amide bonds. The number of anilines is 1. The lowest BCUT2D eigenvalue weighted by molar-refractivity contribution is -0.274. The molecule has 1 atom stereocenters. The number of aromatic nitrogens is 3. The first-order chi connectivity index (χ1) is 19.3. The first-order valence-corrected chi connectivity index (χ1v) is 14.2. The second-order valence-electron chi connectivity index (χ2n) is 11.1. The number of fused-ring (bicyclic) bond motifs is 1. The number of likely N-dealkylation sites (tertiary alicyclic amines) is 1. The molecule has 4 heterocycles. The molecule has 3 aliphatic rings. The predicted octanol–water partition coefficient (Wildman–Crippen LogP) is 4.59. The standard InChI is InChI=1S/C29H35F3N6O2/c1-2-21-19-36(28-34-26-25(4-3-13-33-26)27(39)38(28)23-7-8-23)16-17-37(21)22-11-14-35(15-12-22)18-20-5-9-24(10-6-20)40-29(30,31)32/h3-6,9-10,13,21-23H,2,7-8,11-12,14-19H2,1H3/t21-/m0/s1. The number of alkyl halides is 3. The average Bonchev–Trinajstić information content (AvgIpc) is 3.79. The molecular weight excluding hydrogens is 521 g/mol. The maximum absolute atomic E-state index is 13.4. The summed E-state index contributed by atoms with van der Waals surface area (Å²) in [7, 11) is 0. The summed E-state index contributed by atoms with van der Waals surface area (Å²) >= 11 is 0. The van der Waals surface area contributed by atoms with Crippen LogP contribution in [0.3, 0.4) is 0 Å². The van der Waals surface area contributed by atoms with Crippen molar-refractivity contribution in [3.05, 3.63) is 58.5 Å². The predicted molar refractivity (Wildman–Crippen MR) is 146 cm³/mol. The van der Waals surface area contributed by atoms with Crippen LogP contribution in [0.5, 0.6) is 5.75 Å². The normalized spacial score (nSPS) is 21.7. The molecule has 1 saturated carbocycles. The number of hydrogen-bond donors (Lipinski definition) is 0. The molecule has 0 spiro atoms. The number of piperazine rings is 1. The van der Waals surface area contributed by atoms with Crippen LogP contribution >= 0.6 is 0 Å². The second kappa shape index (κ2) is 11.0. The number of ether oxygens (including phenoxy) is 1. The van der Waals surface area contributed by atoms with E-state index in [1.165, 1.54) is 12.1 Å². The minimum Gasteiger partial charge on any atom is -0.406 e. The van der Waals surface area contributed by atoms with E-state index in [2.05, 4.69) is 31.3 Å². The van der Waals surface area contributed by atoms with Crippen LogP contribution in [0.1, 0.15) is 50.6 Å². The summed E-state index contributed by atoms with van der Waals surface area (Å²) in [6.45, 7) is 7.41. The van der Waals surface area contributed by atoms with Gasteiger partial charge < -0.3 is 9.64 Å². The number of benzene rings is 1. The van der Waals surface area contributed by atoms with E-state index in [-0.39, 0.29) is 17.4 Å². The SMILES string of the molecule is CC[C@H]1CN(c2nc3ncccc3c(=O)n2C2CC2)CCN1C1CCN(Cc2ccc(OC(F)(F)F)cc2)CC1. The van der Waals surface area contributed by atoms with Crippen molar-refractivity contribution in [2.45, 2.75) is 70.1 Å². The Morgan fingerprint density at radius 3 is 2.40 bits per heavy atom. The van der Waals surface area contributed by atoms with Crippen molar-refractivity contribution in [2.75, 3.05) is 37.6 Å². The molecule has 1 aromatic carbocycles. The van der Waals surface area contributed by atoms with E-state index < -0.39 is 6.36 Å². The van der Waals surface area contributed by atoms with Gasteiger partial charge in [0.05, 0.1) is 5.39 Å². The van der Waals surface area contributed by atoms with Crippen molar-refractivity contribution in [3.8, 4) is 5.75 Å². The van der Waals surface area contributed by atoms with Crippen LogP contribution in [0.15, 0.2) is 47.4 Å². The van der Waals surface area contributed by atoms with Crippen molar-refractivity contribution in [1.29, 1.82) is 0 Å². The summed E-state index contributed by atoms with van der Waals surface area (Å²) in [5.41, 5.74) is 1.51. The van der Waals surface area contributed by atoms with Crippen LogP contribution in [0.2, 0.25) is 0 Å². The molecule has 3 fully saturated rings. The number of halogens is 3. The van der Waals surface area contributed by atoms with Crippen molar-refractivity contribution in [1.82, 2.24) is 24.3 Å². The maximum Gasteiger partial charge on any atom is 0.573 e. The number of hydrogen-bond acceptors (Lipinski definition) is 7. The van der Waals surface area contributed by atoms with Gasteiger partial charge in [-0.05, 0) is 75.0 Å². The summed E-state index contributed by atoms with van der Waals surface area (Å²) in [6, 6.07) is 10.9. The molecule has 8 nitrogen and oxygen atoms in total. The van der Waals surface area contributed by atoms with Gasteiger partial charge in [0.25, 0.3) is 5.56 Å². The van der Waals surface area contributed by atoms with Gasteiger partial charge in [-0.25, -0.2) is 4.98 Å². The maximum atomic E-state index is 13.4. The van der Waals surface area contributed by atoms with Crippen LogP contribution in [-0.4, -0.2) is 75.5 Å². The highest BCUT2D eigenvalue weighted by molar-refractivity contribution is 5.74. The molecule has 0 unspecified atom stereocenters. The molecule has 0 N–H and O–H groups in total. The Hall–Kier alpha value is -3.18. The third-order valence-electron chi connectivity index (χ3n) is 8.44. The van der Waals surface area contributed by atoms with Crippen LogP contribution < -0.4 is 15.2 Å². The summed E-state index contributed by atoms with van der Waals surface area (Å²) in [6.07, 6.45) is 2.17. The summed E-state index contributed by atoms with van der Waals surface area (Å²) in [4.78, 5) is 29.9. The zero-order valence-electron chi connectivity index (χ0n) is 22.7. The fourth-order valence-corrected chi connectivity index (χ4v) is 6.27. The van der Waals surface area contributed by atoms with E-state index >= 15 is 0 Å². The highest BCUT2D eigenvalue weighted by Gasteiger charge is 2.37. The van der Waals surface area contributed by atoms with E-state index in [0.29, 0.717) is 29.7 Å². The zero-order valence-corrected chi connectivity index (χ0v) is 22.7. The quantitative estimate of drug-likeness (QED) is 0.422. The third-order valence-corrected chi connectivity index (χ3v) is 8.44. The number of nitrogens with zero attached hydrogens (tertiary/aromatic N) is 6. The smallest absolute Gasteiger partial charge is 0.406 e. The van der Waals surface area contributed by atoms with Gasteiger partial charge in [-0.15, -0.1) is 13.2 Å². The summed E-state index contributed by atoms with van der Waals surface area (Å²) in [5.74, 6) is 0.572. The van der Waals surface area contributed by atoms with Gasteiger partial charge in [-0.3, -0.25) is 19.2 Å². The molecular formula is C29H35F3N6O2. The molecule has 2 aromatic heterocycles. The molecule has 11 heteroatoms. The van der Waals surface area contributed by atoms with E-state index in [1.807, 2.05) is 10.6 Å². The molecule has 0 bridgehead atoms. The van der Waals surface area contributed by atoms with Gasteiger partial charge in [-0.2, -0.15) is 4.98 Å². The van der Waals surface area contributed by atoms with E-state index in [9.17, 15) is 18.0 Å². The molecule has 2 saturated heterocycles. The Labute approximate surface area is 231 Å². The largest absolute Gasteiger partial charge is 0.573 e. The Kier molecular flexibility index (Phi) is 7.43. The van der Waals surface area contributed by atoms with Crippen LogP contribution in [-0.2, 0) is 6.54 Å². The van der Waals surface area contributed by atoms with Gasteiger partial charge in [0.1, 0.15) is 5.75 Å². The number of piperidine rings is 1. The van der Waals surface area contributed by atoms with Gasteiger partial charge in [0, 0.05) is 50.5 Å².